The number of amides is 2. The zero-order chi connectivity index (χ0) is 22.8. The summed E-state index contributed by atoms with van der Waals surface area (Å²) >= 11 is 0. The van der Waals surface area contributed by atoms with Gasteiger partial charge in [0, 0.05) is 32.8 Å². The molecule has 6 nitrogen and oxygen atoms in total. The van der Waals surface area contributed by atoms with Gasteiger partial charge in [-0.1, -0.05) is 36.4 Å². The Labute approximate surface area is 192 Å². The third-order valence-corrected chi connectivity index (χ3v) is 6.17. The van der Waals surface area contributed by atoms with Crippen LogP contribution >= 0.6 is 0 Å². The number of hydrogen-bond acceptors (Lipinski definition) is 4. The standard InChI is InChI=1S/C26H37N3O3/c1-21-11-12-25(32-3)24(20-21)27-26(30)29(18-19-31-2)23-13-16-28(17-14-23)15-7-10-22-8-5-4-6-9-22/h4-6,8-9,11-12,20,23H,7,10,13-19H2,1-3H3,(H,27,30). The molecule has 0 saturated carbocycles. The summed E-state index contributed by atoms with van der Waals surface area (Å²) < 4.78 is 10.7. The minimum atomic E-state index is -0.0894. The van der Waals surface area contributed by atoms with Gasteiger partial charge in [0.15, 0.2) is 0 Å². The second-order valence-corrected chi connectivity index (χ2v) is 8.48. The van der Waals surface area contributed by atoms with Crippen molar-refractivity contribution in [3.8, 4) is 5.75 Å². The molecule has 0 aliphatic carbocycles. The normalized spacial score (nSPS) is 14.8. The first-order valence-electron chi connectivity index (χ1n) is 11.6. The van der Waals surface area contributed by atoms with Crippen LogP contribution in [0.1, 0.15) is 30.4 Å². The highest BCUT2D eigenvalue weighted by molar-refractivity contribution is 5.91. The van der Waals surface area contributed by atoms with Crippen molar-refractivity contribution in [2.24, 2.45) is 0 Å². The first kappa shape index (κ1) is 24.1. The summed E-state index contributed by atoms with van der Waals surface area (Å²) in [5.41, 5.74) is 3.18. The van der Waals surface area contributed by atoms with Gasteiger partial charge in [-0.2, -0.15) is 0 Å². The number of piperidine rings is 1. The van der Waals surface area contributed by atoms with E-state index < -0.39 is 0 Å². The lowest BCUT2D eigenvalue weighted by molar-refractivity contribution is 0.100. The molecule has 0 bridgehead atoms. The van der Waals surface area contributed by atoms with Gasteiger partial charge < -0.3 is 24.6 Å². The Bertz CT molecular complexity index is 835. The van der Waals surface area contributed by atoms with Crippen LogP contribution in [0.4, 0.5) is 10.5 Å². The number of methoxy groups -OCH3 is 2. The molecule has 1 heterocycles. The first-order valence-corrected chi connectivity index (χ1v) is 11.6. The Morgan fingerprint density at radius 3 is 2.56 bits per heavy atom. The van der Waals surface area contributed by atoms with Crippen molar-refractivity contribution in [2.75, 3.05) is 52.3 Å². The molecule has 0 aromatic heterocycles. The third-order valence-electron chi connectivity index (χ3n) is 6.17. The van der Waals surface area contributed by atoms with Gasteiger partial charge in [-0.25, -0.2) is 4.79 Å². The molecule has 1 fully saturated rings. The number of nitrogens with one attached hydrogen (secondary N) is 1. The number of ether oxygens (including phenoxy) is 2. The van der Waals surface area contributed by atoms with E-state index in [0.717, 1.165) is 50.9 Å². The number of urea groups is 1. The van der Waals surface area contributed by atoms with Gasteiger partial charge in [0.2, 0.25) is 0 Å². The monoisotopic (exact) mass is 439 g/mol. The number of carbonyl (C=O) groups is 1. The van der Waals surface area contributed by atoms with Crippen LogP contribution in [0.2, 0.25) is 0 Å². The van der Waals surface area contributed by atoms with E-state index in [9.17, 15) is 4.79 Å². The maximum absolute atomic E-state index is 13.2. The molecule has 1 N–H and O–H groups in total. The number of carbonyl (C=O) groups excluding carboxylic acids is 1. The van der Waals surface area contributed by atoms with Crippen molar-refractivity contribution >= 4 is 11.7 Å². The van der Waals surface area contributed by atoms with Crippen LogP contribution < -0.4 is 10.1 Å². The quantitative estimate of drug-likeness (QED) is 0.589. The molecule has 1 aliphatic rings. The molecule has 0 unspecified atom stereocenters. The topological polar surface area (TPSA) is 54.0 Å². The highest BCUT2D eigenvalue weighted by atomic mass is 16.5. The van der Waals surface area contributed by atoms with E-state index in [1.165, 1.54) is 5.56 Å². The molecule has 1 aliphatic heterocycles. The van der Waals surface area contributed by atoms with Gasteiger partial charge in [-0.15, -0.1) is 0 Å². The summed E-state index contributed by atoms with van der Waals surface area (Å²) in [5, 5.41) is 3.07. The van der Waals surface area contributed by atoms with Crippen molar-refractivity contribution in [1.82, 2.24) is 9.80 Å². The van der Waals surface area contributed by atoms with E-state index in [2.05, 4.69) is 40.5 Å². The molecule has 0 atom stereocenters. The van der Waals surface area contributed by atoms with E-state index in [-0.39, 0.29) is 12.1 Å². The van der Waals surface area contributed by atoms with Crippen molar-refractivity contribution in [3.05, 3.63) is 59.7 Å². The molecule has 32 heavy (non-hydrogen) atoms. The minimum absolute atomic E-state index is 0.0894. The van der Waals surface area contributed by atoms with Gasteiger partial charge in [0.25, 0.3) is 0 Å². The Kier molecular flexibility index (Phi) is 9.38. The Balaban J connectivity index is 1.53. The van der Waals surface area contributed by atoms with Crippen LogP contribution in [-0.4, -0.2) is 68.9 Å². The van der Waals surface area contributed by atoms with Crippen LogP contribution in [0.25, 0.3) is 0 Å². The summed E-state index contributed by atoms with van der Waals surface area (Å²) in [6.45, 7) is 6.25. The van der Waals surface area contributed by atoms with Gasteiger partial charge in [-0.05, 0) is 62.4 Å². The van der Waals surface area contributed by atoms with E-state index in [1.807, 2.05) is 30.0 Å². The fraction of sp³-hybridized carbons (Fsp3) is 0.500. The van der Waals surface area contributed by atoms with Crippen LogP contribution in [0.5, 0.6) is 5.75 Å². The van der Waals surface area contributed by atoms with Crippen molar-refractivity contribution in [3.63, 3.8) is 0 Å². The Hall–Kier alpha value is -2.57. The lowest BCUT2D eigenvalue weighted by atomic mass is 10.0. The molecule has 2 aromatic rings. The average molecular weight is 440 g/mol. The number of nitrogens with zero attached hydrogens (tertiary/aromatic N) is 2. The summed E-state index contributed by atoms with van der Waals surface area (Å²) in [7, 11) is 3.30. The van der Waals surface area contributed by atoms with Crippen molar-refractivity contribution in [1.29, 1.82) is 0 Å². The summed E-state index contributed by atoms with van der Waals surface area (Å²) in [4.78, 5) is 17.7. The molecule has 0 spiro atoms. The van der Waals surface area contributed by atoms with Crippen LogP contribution in [0.3, 0.4) is 0 Å². The molecule has 3 rings (SSSR count). The zero-order valence-corrected chi connectivity index (χ0v) is 19.7. The molecular formula is C26H37N3O3. The number of anilines is 1. The van der Waals surface area contributed by atoms with Crippen LogP contribution in [0, 0.1) is 6.92 Å². The lowest BCUT2D eigenvalue weighted by Gasteiger charge is -2.38. The Morgan fingerprint density at radius 2 is 1.88 bits per heavy atom. The predicted octanol–water partition coefficient (Wildman–Crippen LogP) is 4.58. The van der Waals surface area contributed by atoms with Crippen molar-refractivity contribution in [2.45, 2.75) is 38.6 Å². The summed E-state index contributed by atoms with van der Waals surface area (Å²) in [6.07, 6.45) is 4.23. The predicted molar refractivity (Wildman–Crippen MR) is 130 cm³/mol. The minimum Gasteiger partial charge on any atom is -0.495 e. The largest absolute Gasteiger partial charge is 0.495 e. The molecule has 2 aromatic carbocycles. The van der Waals surface area contributed by atoms with E-state index in [1.54, 1.807) is 14.2 Å². The number of hydrogen-bond donors (Lipinski definition) is 1. The molecule has 174 valence electrons. The smallest absolute Gasteiger partial charge is 0.322 e. The maximum atomic E-state index is 13.2. The molecular weight excluding hydrogens is 402 g/mol. The first-order chi connectivity index (χ1) is 15.6. The average Bonchev–Trinajstić information content (AvgIpc) is 2.81. The third kappa shape index (κ3) is 6.97. The van der Waals surface area contributed by atoms with Gasteiger partial charge in [0.05, 0.1) is 19.4 Å². The highest BCUT2D eigenvalue weighted by Crippen LogP contribution is 2.26. The number of benzene rings is 2. The number of rotatable bonds is 10. The van der Waals surface area contributed by atoms with Crippen LogP contribution in [0.15, 0.2) is 48.5 Å². The van der Waals surface area contributed by atoms with E-state index in [4.69, 9.17) is 9.47 Å². The Morgan fingerprint density at radius 1 is 1.12 bits per heavy atom. The number of aryl methyl sites for hydroxylation is 2. The molecule has 1 saturated heterocycles. The molecule has 0 radical (unpaired) electrons. The second-order valence-electron chi connectivity index (χ2n) is 8.48. The van der Waals surface area contributed by atoms with Gasteiger partial charge >= 0.3 is 6.03 Å². The second kappa shape index (κ2) is 12.5. The molecule has 6 heteroatoms. The fourth-order valence-corrected chi connectivity index (χ4v) is 4.35. The van der Waals surface area contributed by atoms with Gasteiger partial charge in [0.1, 0.15) is 5.75 Å². The molecule has 2 amide bonds. The van der Waals surface area contributed by atoms with Crippen molar-refractivity contribution < 1.29 is 14.3 Å². The van der Waals surface area contributed by atoms with Gasteiger partial charge in [-0.3, -0.25) is 0 Å². The zero-order valence-electron chi connectivity index (χ0n) is 19.7. The van der Waals surface area contributed by atoms with E-state index >= 15 is 0 Å². The SMILES string of the molecule is COCCN(C(=O)Nc1cc(C)ccc1OC)C1CCN(CCCc2ccccc2)CC1. The number of likely N-dealkylation sites (tertiary alicyclic amines) is 1. The highest BCUT2D eigenvalue weighted by Gasteiger charge is 2.28. The maximum Gasteiger partial charge on any atom is 0.322 e. The summed E-state index contributed by atoms with van der Waals surface area (Å²) in [6, 6.07) is 16.6. The summed E-state index contributed by atoms with van der Waals surface area (Å²) in [5.74, 6) is 0.670. The fourth-order valence-electron chi connectivity index (χ4n) is 4.35. The lowest BCUT2D eigenvalue weighted by Crippen LogP contribution is -2.50. The van der Waals surface area contributed by atoms with Crippen LogP contribution in [-0.2, 0) is 11.2 Å². The van der Waals surface area contributed by atoms with E-state index in [0.29, 0.717) is 24.6 Å².